The molecule has 0 aliphatic heterocycles. The van der Waals surface area contributed by atoms with Gasteiger partial charge in [0, 0.05) is 11.6 Å². The highest BCUT2D eigenvalue weighted by atomic mass is 16.6. The van der Waals surface area contributed by atoms with Crippen LogP contribution in [0.4, 0.5) is 11.4 Å². The second-order valence-corrected chi connectivity index (χ2v) is 6.77. The van der Waals surface area contributed by atoms with E-state index in [-0.39, 0.29) is 22.7 Å². The second-order valence-electron chi connectivity index (χ2n) is 6.77. The third kappa shape index (κ3) is 4.15. The maximum atomic E-state index is 12.8. The average molecular weight is 432 g/mol. The molecule has 160 valence electrons. The van der Waals surface area contributed by atoms with Gasteiger partial charge in [0.05, 0.1) is 27.3 Å². The fraction of sp³-hybridized carbons (Fsp3) is 0.0909. The van der Waals surface area contributed by atoms with Crippen molar-refractivity contribution in [2.24, 2.45) is 0 Å². The van der Waals surface area contributed by atoms with Crippen LogP contribution in [-0.2, 0) is 9.53 Å². The third-order valence-corrected chi connectivity index (χ3v) is 4.62. The molecule has 2 aromatic heterocycles. The molecular formula is C22H16N4O6. The van der Waals surface area contributed by atoms with Gasteiger partial charge in [0.15, 0.2) is 6.61 Å². The highest BCUT2D eigenvalue weighted by molar-refractivity contribution is 6.05. The number of pyridine rings is 1. The van der Waals surface area contributed by atoms with E-state index in [2.05, 4.69) is 15.5 Å². The monoisotopic (exact) mass is 432 g/mol. The molecule has 0 radical (unpaired) electrons. The van der Waals surface area contributed by atoms with Crippen molar-refractivity contribution in [2.75, 3.05) is 11.9 Å². The van der Waals surface area contributed by atoms with Gasteiger partial charge in [-0.1, -0.05) is 47.6 Å². The maximum absolute atomic E-state index is 12.8. The van der Waals surface area contributed by atoms with Crippen molar-refractivity contribution in [3.63, 3.8) is 0 Å². The zero-order valence-corrected chi connectivity index (χ0v) is 16.8. The van der Waals surface area contributed by atoms with Gasteiger partial charge >= 0.3 is 5.97 Å². The summed E-state index contributed by atoms with van der Waals surface area (Å²) in [5.74, 6) is -1.50. The first-order chi connectivity index (χ1) is 15.4. The number of aryl methyl sites for hydroxylation is 1. The van der Waals surface area contributed by atoms with E-state index in [1.807, 2.05) is 30.3 Å². The summed E-state index contributed by atoms with van der Waals surface area (Å²) in [5.41, 5.74) is 1.73. The molecule has 0 atom stereocenters. The summed E-state index contributed by atoms with van der Waals surface area (Å²) in [7, 11) is 0. The zero-order valence-electron chi connectivity index (χ0n) is 16.8. The van der Waals surface area contributed by atoms with Crippen LogP contribution in [0.15, 0.2) is 65.2 Å². The first-order valence-electron chi connectivity index (χ1n) is 9.47. The molecule has 1 N–H and O–H groups in total. The molecule has 0 unspecified atom stereocenters. The molecule has 2 aromatic carbocycles. The molecule has 4 aromatic rings. The van der Waals surface area contributed by atoms with Crippen molar-refractivity contribution < 1.29 is 23.8 Å². The van der Waals surface area contributed by atoms with E-state index in [4.69, 9.17) is 9.26 Å². The number of carbonyl (C=O) groups is 2. The number of rotatable bonds is 6. The zero-order chi connectivity index (χ0) is 22.7. The summed E-state index contributed by atoms with van der Waals surface area (Å²) >= 11 is 0. The minimum absolute atomic E-state index is 0.00564. The molecule has 0 bridgehead atoms. The molecule has 32 heavy (non-hydrogen) atoms. The lowest BCUT2D eigenvalue weighted by molar-refractivity contribution is -0.383. The van der Waals surface area contributed by atoms with E-state index in [9.17, 15) is 19.7 Å². The molecule has 0 saturated heterocycles. The Hall–Kier alpha value is -4.60. The fourth-order valence-corrected chi connectivity index (χ4v) is 3.15. The predicted octanol–water partition coefficient (Wildman–Crippen LogP) is 3.90. The van der Waals surface area contributed by atoms with Crippen LogP contribution in [0.5, 0.6) is 0 Å². The van der Waals surface area contributed by atoms with Gasteiger partial charge in [-0.15, -0.1) is 0 Å². The normalized spacial score (nSPS) is 10.7. The molecule has 1 amide bonds. The van der Waals surface area contributed by atoms with Gasteiger partial charge < -0.3 is 14.6 Å². The number of nitro groups is 1. The van der Waals surface area contributed by atoms with Gasteiger partial charge in [-0.05, 0) is 19.1 Å². The molecule has 2 heterocycles. The molecular weight excluding hydrogens is 416 g/mol. The Labute approximate surface area is 181 Å². The number of nitrogens with one attached hydrogen (secondary N) is 1. The smallest absolute Gasteiger partial charge is 0.339 e. The molecule has 10 nitrogen and oxygen atoms in total. The van der Waals surface area contributed by atoms with E-state index in [1.54, 1.807) is 19.1 Å². The third-order valence-electron chi connectivity index (χ3n) is 4.62. The highest BCUT2D eigenvalue weighted by Crippen LogP contribution is 2.27. The topological polar surface area (TPSA) is 137 Å². The molecule has 0 aliphatic carbocycles. The number of esters is 1. The number of amides is 1. The van der Waals surface area contributed by atoms with Crippen LogP contribution in [0.25, 0.3) is 22.4 Å². The van der Waals surface area contributed by atoms with Crippen LogP contribution in [-0.4, -0.2) is 33.5 Å². The first-order valence-corrected chi connectivity index (χ1v) is 9.47. The Bertz CT molecular complexity index is 1330. The minimum Gasteiger partial charge on any atom is -0.452 e. The van der Waals surface area contributed by atoms with Crippen molar-refractivity contribution in [1.82, 2.24) is 10.1 Å². The van der Waals surface area contributed by atoms with Crippen molar-refractivity contribution in [1.29, 1.82) is 0 Å². The Kier molecular flexibility index (Phi) is 5.58. The second kappa shape index (κ2) is 8.64. The summed E-state index contributed by atoms with van der Waals surface area (Å²) in [5, 5.41) is 17.7. The predicted molar refractivity (Wildman–Crippen MR) is 114 cm³/mol. The summed E-state index contributed by atoms with van der Waals surface area (Å²) in [6, 6.07) is 16.4. The number of nitrogens with zero attached hydrogens (tertiary/aromatic N) is 3. The maximum Gasteiger partial charge on any atom is 0.339 e. The van der Waals surface area contributed by atoms with Crippen molar-refractivity contribution in [3.05, 3.63) is 82.0 Å². The van der Waals surface area contributed by atoms with Crippen LogP contribution in [0.2, 0.25) is 0 Å². The summed E-state index contributed by atoms with van der Waals surface area (Å²) in [4.78, 5) is 39.9. The van der Waals surface area contributed by atoms with Gasteiger partial charge in [-0.2, -0.15) is 0 Å². The number of carbonyl (C=O) groups excluding carboxylic acids is 2. The van der Waals surface area contributed by atoms with Gasteiger partial charge in [0.25, 0.3) is 17.3 Å². The van der Waals surface area contributed by atoms with Crippen LogP contribution < -0.4 is 5.32 Å². The van der Waals surface area contributed by atoms with E-state index in [0.29, 0.717) is 16.8 Å². The fourth-order valence-electron chi connectivity index (χ4n) is 3.15. The van der Waals surface area contributed by atoms with E-state index in [1.165, 1.54) is 18.2 Å². The van der Waals surface area contributed by atoms with Crippen LogP contribution >= 0.6 is 0 Å². The first kappa shape index (κ1) is 20.7. The van der Waals surface area contributed by atoms with E-state index < -0.39 is 23.4 Å². The van der Waals surface area contributed by atoms with Crippen LogP contribution in [0, 0.1) is 17.0 Å². The highest BCUT2D eigenvalue weighted by Gasteiger charge is 2.22. The minimum atomic E-state index is -0.779. The average Bonchev–Trinajstić information content (AvgIpc) is 3.18. The number of benzene rings is 2. The standard InChI is InChI=1S/C22H16N4O6/c1-13-20-15(11-17(24-21(20)32-25-13)14-7-3-2-4-8-14)22(28)31-12-19(27)23-16-9-5-6-10-18(16)26(29)30/h2-11H,12H2,1H3,(H,23,27). The number of ether oxygens (including phenoxy) is 1. The van der Waals surface area contributed by atoms with Crippen LogP contribution in [0.1, 0.15) is 16.1 Å². The van der Waals surface area contributed by atoms with Crippen molar-refractivity contribution in [2.45, 2.75) is 6.92 Å². The Balaban J connectivity index is 1.56. The van der Waals surface area contributed by atoms with E-state index >= 15 is 0 Å². The van der Waals surface area contributed by atoms with Gasteiger partial charge in [0.1, 0.15) is 5.69 Å². The Morgan fingerprint density at radius 3 is 2.59 bits per heavy atom. The summed E-state index contributed by atoms with van der Waals surface area (Å²) < 4.78 is 10.4. The Morgan fingerprint density at radius 1 is 1.12 bits per heavy atom. The molecule has 0 spiro atoms. The quantitative estimate of drug-likeness (QED) is 0.275. The SMILES string of the molecule is Cc1noc2nc(-c3ccccc3)cc(C(=O)OCC(=O)Nc3ccccc3[N+](=O)[O-])c12. The van der Waals surface area contributed by atoms with Crippen LogP contribution in [0.3, 0.4) is 0 Å². The van der Waals surface area contributed by atoms with Crippen molar-refractivity contribution in [3.8, 4) is 11.3 Å². The van der Waals surface area contributed by atoms with Gasteiger partial charge in [0.2, 0.25) is 0 Å². The summed E-state index contributed by atoms with van der Waals surface area (Å²) in [6.07, 6.45) is 0. The number of fused-ring (bicyclic) bond motifs is 1. The Morgan fingerprint density at radius 2 is 1.84 bits per heavy atom. The van der Waals surface area contributed by atoms with Gasteiger partial charge in [-0.3, -0.25) is 14.9 Å². The molecule has 0 aliphatic rings. The number of nitro benzene ring substituents is 1. The number of aromatic nitrogens is 2. The largest absolute Gasteiger partial charge is 0.452 e. The number of hydrogen-bond acceptors (Lipinski definition) is 8. The summed E-state index contributed by atoms with van der Waals surface area (Å²) in [6.45, 7) is 1.02. The molecule has 0 fully saturated rings. The lowest BCUT2D eigenvalue weighted by Gasteiger charge is -2.09. The molecule has 10 heteroatoms. The number of hydrogen-bond donors (Lipinski definition) is 1. The lowest BCUT2D eigenvalue weighted by atomic mass is 10.1. The molecule has 4 rings (SSSR count). The number of para-hydroxylation sites is 2. The van der Waals surface area contributed by atoms with Gasteiger partial charge in [-0.25, -0.2) is 9.78 Å². The lowest BCUT2D eigenvalue weighted by Crippen LogP contribution is -2.21. The molecule has 0 saturated carbocycles. The van der Waals surface area contributed by atoms with E-state index in [0.717, 1.165) is 5.56 Å². The number of anilines is 1. The van der Waals surface area contributed by atoms with Crippen molar-refractivity contribution >= 4 is 34.4 Å².